The normalized spacial score (nSPS) is 28.5. The summed E-state index contributed by atoms with van der Waals surface area (Å²) in [6.45, 7) is 27.7. The van der Waals surface area contributed by atoms with Crippen molar-refractivity contribution in [1.29, 1.82) is 0 Å². The summed E-state index contributed by atoms with van der Waals surface area (Å²) in [6, 6.07) is -0.444. The van der Waals surface area contributed by atoms with Gasteiger partial charge in [0.25, 0.3) is 0 Å². The fraction of sp³-hybridized carbons (Fsp3) is 0.950. The Morgan fingerprint density at radius 2 is 1.19 bits per heavy atom. The molecule has 1 aliphatic heterocycles. The fourth-order valence-electron chi connectivity index (χ4n) is 3.31. The molecule has 1 rings (SSSR count). The molecular formula is C20H47NO6Si4. The number of hydrogen-bond donors (Lipinski definition) is 1. The van der Waals surface area contributed by atoms with Crippen LogP contribution in [0.15, 0.2) is 0 Å². The SMILES string of the molecule is CC(=O)N[C@H]1C(O[Si](C)(C)C)O[C@H](CO[Si](C)(C)C)[C@@H](O[Si](C)(C)C)[C@@H]1O[Si](C)(C)C. The molecule has 0 aliphatic carbocycles. The number of amides is 1. The van der Waals surface area contributed by atoms with E-state index in [-0.39, 0.29) is 24.2 Å². The molecule has 0 aromatic rings. The van der Waals surface area contributed by atoms with Crippen molar-refractivity contribution in [2.24, 2.45) is 0 Å². The van der Waals surface area contributed by atoms with E-state index in [0.717, 1.165) is 0 Å². The van der Waals surface area contributed by atoms with Crippen molar-refractivity contribution in [3.8, 4) is 0 Å². The van der Waals surface area contributed by atoms with Gasteiger partial charge in [0, 0.05) is 6.92 Å². The van der Waals surface area contributed by atoms with E-state index in [1.807, 2.05) is 0 Å². The van der Waals surface area contributed by atoms with E-state index in [1.54, 1.807) is 0 Å². The summed E-state index contributed by atoms with van der Waals surface area (Å²) in [6.07, 6.45) is -1.64. The van der Waals surface area contributed by atoms with Gasteiger partial charge in [-0.15, -0.1) is 0 Å². The first-order chi connectivity index (χ1) is 13.7. The van der Waals surface area contributed by atoms with Gasteiger partial charge in [-0.1, -0.05) is 0 Å². The minimum Gasteiger partial charge on any atom is -0.415 e. The predicted molar refractivity (Wildman–Crippen MR) is 136 cm³/mol. The second kappa shape index (κ2) is 10.6. The zero-order valence-corrected chi connectivity index (χ0v) is 26.0. The molecule has 1 aliphatic rings. The molecule has 1 amide bonds. The molecule has 1 unspecified atom stereocenters. The molecule has 1 heterocycles. The van der Waals surface area contributed by atoms with Crippen molar-refractivity contribution in [2.45, 2.75) is 116 Å². The average Bonchev–Trinajstić information content (AvgIpc) is 2.46. The third-order valence-electron chi connectivity index (χ3n) is 4.15. The van der Waals surface area contributed by atoms with E-state index in [9.17, 15) is 4.79 Å². The van der Waals surface area contributed by atoms with E-state index in [1.165, 1.54) is 6.92 Å². The van der Waals surface area contributed by atoms with Crippen LogP contribution in [0.4, 0.5) is 0 Å². The zero-order valence-electron chi connectivity index (χ0n) is 22.0. The molecule has 0 saturated carbocycles. The van der Waals surface area contributed by atoms with Gasteiger partial charge in [0.05, 0.1) is 12.7 Å². The van der Waals surface area contributed by atoms with Crippen molar-refractivity contribution in [3.63, 3.8) is 0 Å². The van der Waals surface area contributed by atoms with Crippen LogP contribution in [0, 0.1) is 0 Å². The number of rotatable bonds is 10. The molecule has 5 atom stereocenters. The molecule has 0 bridgehead atoms. The number of nitrogens with one attached hydrogen (secondary N) is 1. The average molecular weight is 510 g/mol. The zero-order chi connectivity index (χ0) is 24.4. The maximum Gasteiger partial charge on any atom is 0.217 e. The van der Waals surface area contributed by atoms with Gasteiger partial charge in [-0.25, -0.2) is 0 Å². The summed E-state index contributed by atoms with van der Waals surface area (Å²) in [5.41, 5.74) is 0. The summed E-state index contributed by atoms with van der Waals surface area (Å²) in [4.78, 5) is 12.2. The van der Waals surface area contributed by atoms with Gasteiger partial charge in [0.1, 0.15) is 18.2 Å². The van der Waals surface area contributed by atoms with Gasteiger partial charge in [0.2, 0.25) is 5.91 Å². The Labute approximate surface area is 194 Å². The third-order valence-corrected chi connectivity index (χ3v) is 8.08. The Balaban J connectivity index is 3.45. The number of carbonyl (C=O) groups excluding carboxylic acids is 1. The summed E-state index contributed by atoms with van der Waals surface area (Å²) in [5, 5.41) is 3.07. The van der Waals surface area contributed by atoms with E-state index in [2.05, 4.69) is 83.9 Å². The minimum absolute atomic E-state index is 0.134. The fourth-order valence-corrected chi connectivity index (χ4v) is 7.07. The van der Waals surface area contributed by atoms with Crippen molar-refractivity contribution in [3.05, 3.63) is 0 Å². The van der Waals surface area contributed by atoms with Crippen LogP contribution >= 0.6 is 0 Å². The highest BCUT2D eigenvalue weighted by atomic mass is 28.4. The van der Waals surface area contributed by atoms with Crippen LogP contribution in [0.2, 0.25) is 78.6 Å². The molecule has 0 radical (unpaired) electrons. The van der Waals surface area contributed by atoms with Gasteiger partial charge in [0.15, 0.2) is 39.6 Å². The lowest BCUT2D eigenvalue weighted by Gasteiger charge is -2.50. The molecule has 11 heteroatoms. The quantitative estimate of drug-likeness (QED) is 0.441. The lowest BCUT2D eigenvalue weighted by atomic mass is 9.97. The Morgan fingerprint density at radius 3 is 1.58 bits per heavy atom. The van der Waals surface area contributed by atoms with Crippen LogP contribution in [0.1, 0.15) is 6.92 Å². The van der Waals surface area contributed by atoms with Crippen molar-refractivity contribution in [2.75, 3.05) is 6.61 Å². The Kier molecular flexibility index (Phi) is 9.97. The van der Waals surface area contributed by atoms with Crippen LogP contribution in [-0.2, 0) is 27.2 Å². The monoisotopic (exact) mass is 509 g/mol. The van der Waals surface area contributed by atoms with Crippen molar-refractivity contribution < 1.29 is 27.2 Å². The van der Waals surface area contributed by atoms with E-state index in [4.69, 9.17) is 22.4 Å². The Hall–Kier alpha value is 0.138. The summed E-state index contributed by atoms with van der Waals surface area (Å²) in [7, 11) is -7.67. The highest BCUT2D eigenvalue weighted by molar-refractivity contribution is 6.71. The highest BCUT2D eigenvalue weighted by Crippen LogP contribution is 2.32. The van der Waals surface area contributed by atoms with E-state index in [0.29, 0.717) is 6.61 Å². The molecule has 0 spiro atoms. The summed E-state index contributed by atoms with van der Waals surface area (Å²) in [5.74, 6) is -0.134. The number of carbonyl (C=O) groups is 1. The molecule has 0 aromatic carbocycles. The van der Waals surface area contributed by atoms with Gasteiger partial charge < -0.3 is 27.8 Å². The van der Waals surface area contributed by atoms with Crippen LogP contribution in [0.25, 0.3) is 0 Å². The van der Waals surface area contributed by atoms with Crippen molar-refractivity contribution >= 4 is 39.2 Å². The smallest absolute Gasteiger partial charge is 0.217 e. The molecule has 7 nitrogen and oxygen atoms in total. The maximum absolute atomic E-state index is 12.2. The number of hydrogen-bond acceptors (Lipinski definition) is 6. The molecule has 0 aromatic heterocycles. The molecule has 1 fully saturated rings. The van der Waals surface area contributed by atoms with Crippen LogP contribution < -0.4 is 5.32 Å². The first-order valence-corrected chi connectivity index (χ1v) is 24.9. The molecule has 31 heavy (non-hydrogen) atoms. The Morgan fingerprint density at radius 1 is 0.742 bits per heavy atom. The highest BCUT2D eigenvalue weighted by Gasteiger charge is 2.51. The Bertz CT molecular complexity index is 594. The van der Waals surface area contributed by atoms with E-state index < -0.39 is 45.6 Å². The van der Waals surface area contributed by atoms with Gasteiger partial charge in [-0.2, -0.15) is 0 Å². The first-order valence-electron chi connectivity index (χ1n) is 11.3. The molecule has 1 N–H and O–H groups in total. The standard InChI is InChI=1S/C20H47NO6Si4/c1-15(22)21-17-19(26-30(8,9)10)18(25-29(5,6)7)16(14-23-28(2,3)4)24-20(17)27-31(11,12)13/h16-20H,14H2,1-13H3,(H,21,22)/t16-,17-,18-,19-,20?/m1/s1. The summed E-state index contributed by atoms with van der Waals surface area (Å²) < 4.78 is 32.5. The van der Waals surface area contributed by atoms with Crippen LogP contribution in [0.5, 0.6) is 0 Å². The van der Waals surface area contributed by atoms with Gasteiger partial charge in [-0.05, 0) is 78.6 Å². The molecular weight excluding hydrogens is 463 g/mol. The molecule has 184 valence electrons. The van der Waals surface area contributed by atoms with Gasteiger partial charge in [-0.3, -0.25) is 4.79 Å². The topological polar surface area (TPSA) is 75.3 Å². The lowest BCUT2D eigenvalue weighted by Crippen LogP contribution is -2.69. The van der Waals surface area contributed by atoms with Crippen LogP contribution in [0.3, 0.4) is 0 Å². The van der Waals surface area contributed by atoms with Gasteiger partial charge >= 0.3 is 0 Å². The predicted octanol–water partition coefficient (Wildman–Crippen LogP) is 4.36. The first kappa shape index (κ1) is 29.2. The molecule has 1 saturated heterocycles. The second-order valence-corrected chi connectivity index (χ2v) is 30.2. The number of ether oxygens (including phenoxy) is 1. The second-order valence-electron chi connectivity index (χ2n) is 12.3. The maximum atomic E-state index is 12.2. The minimum atomic E-state index is -1.98. The largest absolute Gasteiger partial charge is 0.415 e. The van der Waals surface area contributed by atoms with Crippen molar-refractivity contribution in [1.82, 2.24) is 5.32 Å². The summed E-state index contributed by atoms with van der Waals surface area (Å²) >= 11 is 0. The third kappa shape index (κ3) is 11.7. The van der Waals surface area contributed by atoms with Crippen LogP contribution in [-0.4, -0.2) is 76.4 Å². The lowest BCUT2D eigenvalue weighted by molar-refractivity contribution is -0.238. The van der Waals surface area contributed by atoms with E-state index >= 15 is 0 Å².